The highest BCUT2D eigenvalue weighted by molar-refractivity contribution is 5.64. The minimum Gasteiger partial charge on any atom is -0.465 e. The second-order valence-electron chi connectivity index (χ2n) is 5.54. The van der Waals surface area contributed by atoms with E-state index < -0.39 is 18.0 Å². The Morgan fingerprint density at radius 1 is 1.39 bits per heavy atom. The number of amides is 1. The van der Waals surface area contributed by atoms with Gasteiger partial charge in [-0.25, -0.2) is 14.8 Å². The van der Waals surface area contributed by atoms with Crippen molar-refractivity contribution < 1.29 is 23.1 Å². The molecule has 23 heavy (non-hydrogen) atoms. The van der Waals surface area contributed by atoms with E-state index >= 15 is 0 Å². The van der Waals surface area contributed by atoms with Gasteiger partial charge in [-0.3, -0.25) is 0 Å². The van der Waals surface area contributed by atoms with Gasteiger partial charge in [0.1, 0.15) is 5.69 Å². The molecule has 128 valence electrons. The summed E-state index contributed by atoms with van der Waals surface area (Å²) in [5, 5.41) is 10.8. The van der Waals surface area contributed by atoms with E-state index in [1.807, 2.05) is 0 Å². The minimum atomic E-state index is -4.47. The molecule has 2 heterocycles. The lowest BCUT2D eigenvalue weighted by molar-refractivity contribution is -0.141. The van der Waals surface area contributed by atoms with Gasteiger partial charge in [0.05, 0.1) is 0 Å². The monoisotopic (exact) mass is 332 g/mol. The largest absolute Gasteiger partial charge is 0.465 e. The van der Waals surface area contributed by atoms with Crippen LogP contribution < -0.4 is 10.2 Å². The maximum atomic E-state index is 12.7. The molecule has 0 bridgehead atoms. The summed E-state index contributed by atoms with van der Waals surface area (Å²) in [5.41, 5.74) is -0.927. The second-order valence-corrected chi connectivity index (χ2v) is 5.54. The van der Waals surface area contributed by atoms with E-state index in [0.29, 0.717) is 25.6 Å². The third-order valence-corrected chi connectivity index (χ3v) is 3.90. The van der Waals surface area contributed by atoms with Crippen LogP contribution in [0.25, 0.3) is 0 Å². The highest BCUT2D eigenvalue weighted by Gasteiger charge is 2.33. The molecule has 0 aromatic carbocycles. The average Bonchev–Trinajstić information content (AvgIpc) is 2.51. The zero-order valence-electron chi connectivity index (χ0n) is 12.5. The summed E-state index contributed by atoms with van der Waals surface area (Å²) in [6.45, 7) is 1.64. The molecule has 0 aliphatic carbocycles. The summed E-state index contributed by atoms with van der Waals surface area (Å²) in [4.78, 5) is 19.6. The Bertz CT molecular complexity index is 531. The van der Waals surface area contributed by atoms with Crippen LogP contribution in [-0.2, 0) is 6.18 Å². The maximum Gasteiger partial charge on any atom is 0.433 e. The molecule has 0 radical (unpaired) electrons. The number of nitrogens with one attached hydrogen (secondary N) is 1. The van der Waals surface area contributed by atoms with Gasteiger partial charge in [-0.1, -0.05) is 0 Å². The molecule has 1 aromatic heterocycles. The molecule has 0 saturated carbocycles. The Kier molecular flexibility index (Phi) is 5.62. The first-order valence-corrected chi connectivity index (χ1v) is 7.48. The number of aromatic nitrogens is 2. The van der Waals surface area contributed by atoms with Gasteiger partial charge in [0.15, 0.2) is 0 Å². The summed E-state index contributed by atoms with van der Waals surface area (Å²) >= 11 is 0. The molecule has 2 rings (SSSR count). The molecular formula is C14H19F3N4O2. The Morgan fingerprint density at radius 3 is 2.70 bits per heavy atom. The van der Waals surface area contributed by atoms with Gasteiger partial charge >= 0.3 is 12.3 Å². The molecule has 1 aromatic rings. The van der Waals surface area contributed by atoms with Gasteiger partial charge in [-0.15, -0.1) is 0 Å². The van der Waals surface area contributed by atoms with Crippen molar-refractivity contribution in [2.75, 3.05) is 24.5 Å². The zero-order valence-corrected chi connectivity index (χ0v) is 12.5. The lowest BCUT2D eigenvalue weighted by Crippen LogP contribution is -2.35. The summed E-state index contributed by atoms with van der Waals surface area (Å²) in [6, 6.07) is 0.867. The molecule has 1 fully saturated rings. The van der Waals surface area contributed by atoms with Crippen molar-refractivity contribution in [2.24, 2.45) is 5.92 Å². The lowest BCUT2D eigenvalue weighted by Gasteiger charge is -2.32. The van der Waals surface area contributed by atoms with Crippen LogP contribution in [0.3, 0.4) is 0 Å². The van der Waals surface area contributed by atoms with Crippen molar-refractivity contribution in [2.45, 2.75) is 31.9 Å². The first-order valence-electron chi connectivity index (χ1n) is 7.48. The van der Waals surface area contributed by atoms with Crippen LogP contribution in [0.15, 0.2) is 12.3 Å². The number of carbonyl (C=O) groups is 1. The fraction of sp³-hybridized carbons (Fsp3) is 0.643. The number of hydrogen-bond acceptors (Lipinski definition) is 4. The van der Waals surface area contributed by atoms with E-state index in [4.69, 9.17) is 5.11 Å². The standard InChI is InChI=1S/C14H19F3N4O2/c15-14(16,17)11-3-7-18-12(20-11)21-8-4-10(5-9-21)2-1-6-19-13(22)23/h3,7,10,19H,1-2,4-6,8-9H2,(H,22,23). The predicted octanol–water partition coefficient (Wildman–Crippen LogP) is 2.76. The molecule has 1 amide bonds. The quantitative estimate of drug-likeness (QED) is 0.811. The normalized spacial score (nSPS) is 16.4. The molecule has 0 atom stereocenters. The molecule has 6 nitrogen and oxygen atoms in total. The Morgan fingerprint density at radius 2 is 2.09 bits per heavy atom. The van der Waals surface area contributed by atoms with E-state index in [-0.39, 0.29) is 5.95 Å². The number of piperidine rings is 1. The van der Waals surface area contributed by atoms with Gasteiger partial charge in [-0.05, 0) is 37.7 Å². The fourth-order valence-corrected chi connectivity index (χ4v) is 2.67. The van der Waals surface area contributed by atoms with Crippen molar-refractivity contribution in [3.8, 4) is 0 Å². The first-order chi connectivity index (χ1) is 10.9. The van der Waals surface area contributed by atoms with Crippen LogP contribution in [0, 0.1) is 5.92 Å². The molecule has 1 saturated heterocycles. The number of nitrogens with zero attached hydrogens (tertiary/aromatic N) is 3. The number of halogens is 3. The number of alkyl halides is 3. The van der Waals surface area contributed by atoms with Gasteiger partial charge in [-0.2, -0.15) is 13.2 Å². The summed E-state index contributed by atoms with van der Waals surface area (Å²) in [5.74, 6) is 0.568. The number of hydrogen-bond donors (Lipinski definition) is 2. The Hall–Kier alpha value is -2.06. The SMILES string of the molecule is O=C(O)NCCCC1CCN(c2nccc(C(F)(F)F)n2)CC1. The third-order valence-electron chi connectivity index (χ3n) is 3.90. The van der Waals surface area contributed by atoms with Gasteiger partial charge in [0.2, 0.25) is 5.95 Å². The van der Waals surface area contributed by atoms with Crippen LogP contribution in [0.1, 0.15) is 31.4 Å². The number of carboxylic acid groups (broad SMARTS) is 1. The maximum absolute atomic E-state index is 12.7. The van der Waals surface area contributed by atoms with E-state index in [1.165, 1.54) is 0 Å². The minimum absolute atomic E-state index is 0.116. The van der Waals surface area contributed by atoms with Crippen LogP contribution in [0.5, 0.6) is 0 Å². The smallest absolute Gasteiger partial charge is 0.433 e. The van der Waals surface area contributed by atoms with Crippen LogP contribution >= 0.6 is 0 Å². The third kappa shape index (κ3) is 5.26. The Balaban J connectivity index is 1.81. The number of anilines is 1. The molecular weight excluding hydrogens is 313 g/mol. The van der Waals surface area contributed by atoms with E-state index in [9.17, 15) is 18.0 Å². The molecule has 9 heteroatoms. The second kappa shape index (κ2) is 7.47. The first kappa shape index (κ1) is 17.3. The van der Waals surface area contributed by atoms with Gasteiger partial charge in [0, 0.05) is 25.8 Å². The van der Waals surface area contributed by atoms with Crippen molar-refractivity contribution in [1.82, 2.24) is 15.3 Å². The topological polar surface area (TPSA) is 78.4 Å². The zero-order chi connectivity index (χ0) is 16.9. The molecule has 2 N–H and O–H groups in total. The van der Waals surface area contributed by atoms with Crippen molar-refractivity contribution in [3.63, 3.8) is 0 Å². The van der Waals surface area contributed by atoms with Crippen molar-refractivity contribution in [3.05, 3.63) is 18.0 Å². The summed E-state index contributed by atoms with van der Waals surface area (Å²) < 4.78 is 38.0. The highest BCUT2D eigenvalue weighted by atomic mass is 19.4. The molecule has 0 unspecified atom stereocenters. The lowest BCUT2D eigenvalue weighted by atomic mass is 9.92. The van der Waals surface area contributed by atoms with E-state index in [1.54, 1.807) is 4.90 Å². The molecule has 0 spiro atoms. The molecule has 1 aliphatic heterocycles. The average molecular weight is 332 g/mol. The summed E-state index contributed by atoms with van der Waals surface area (Å²) in [7, 11) is 0. The van der Waals surface area contributed by atoms with Crippen LogP contribution in [0.4, 0.5) is 23.9 Å². The van der Waals surface area contributed by atoms with Crippen LogP contribution in [-0.4, -0.2) is 40.8 Å². The van der Waals surface area contributed by atoms with Crippen LogP contribution in [0.2, 0.25) is 0 Å². The predicted molar refractivity (Wildman–Crippen MR) is 77.2 cm³/mol. The molecule has 1 aliphatic rings. The van der Waals surface area contributed by atoms with Crippen molar-refractivity contribution >= 4 is 12.0 Å². The van der Waals surface area contributed by atoms with Gasteiger partial charge < -0.3 is 15.3 Å². The van der Waals surface area contributed by atoms with Gasteiger partial charge in [0.25, 0.3) is 0 Å². The Labute approximate surface area is 131 Å². The van der Waals surface area contributed by atoms with E-state index in [0.717, 1.165) is 37.9 Å². The van der Waals surface area contributed by atoms with Crippen molar-refractivity contribution in [1.29, 1.82) is 0 Å². The highest BCUT2D eigenvalue weighted by Crippen LogP contribution is 2.29. The fourth-order valence-electron chi connectivity index (χ4n) is 2.67. The number of rotatable bonds is 5. The van der Waals surface area contributed by atoms with E-state index in [2.05, 4.69) is 15.3 Å². The summed E-state index contributed by atoms with van der Waals surface area (Å²) in [6.07, 6.45) is -1.02.